The van der Waals surface area contributed by atoms with Crippen molar-refractivity contribution in [3.63, 3.8) is 0 Å². The zero-order chi connectivity index (χ0) is 16.0. The van der Waals surface area contributed by atoms with Gasteiger partial charge in [0.15, 0.2) is 0 Å². The van der Waals surface area contributed by atoms with E-state index in [2.05, 4.69) is 21.2 Å². The van der Waals surface area contributed by atoms with Crippen molar-refractivity contribution in [3.8, 4) is 0 Å². The number of carboxylic acids is 1. The van der Waals surface area contributed by atoms with Crippen LogP contribution in [-0.2, 0) is 20.9 Å². The highest BCUT2D eigenvalue weighted by Gasteiger charge is 2.23. The minimum atomic E-state index is -1.10. The lowest BCUT2D eigenvalue weighted by Gasteiger charge is -2.24. The highest BCUT2D eigenvalue weighted by Crippen LogP contribution is 2.14. The molecule has 1 aromatic rings. The number of hydrogen-bond donors (Lipinski definition) is 2. The van der Waals surface area contributed by atoms with E-state index in [1.54, 1.807) is 12.1 Å². The highest BCUT2D eigenvalue weighted by atomic mass is 79.9. The van der Waals surface area contributed by atoms with Gasteiger partial charge in [-0.3, -0.25) is 14.4 Å². The summed E-state index contributed by atoms with van der Waals surface area (Å²) in [7, 11) is 0. The van der Waals surface area contributed by atoms with Crippen LogP contribution in [0.25, 0.3) is 0 Å². The fraction of sp³-hybridized carbons (Fsp3) is 0.357. The Labute approximate surface area is 131 Å². The predicted molar refractivity (Wildman–Crippen MR) is 80.5 cm³/mol. The number of nitrogens with one attached hydrogen (secondary N) is 1. The first kappa shape index (κ1) is 17.2. The van der Waals surface area contributed by atoms with Crippen LogP contribution in [0.15, 0.2) is 28.7 Å². The largest absolute Gasteiger partial charge is 0.480 e. The zero-order valence-electron chi connectivity index (χ0n) is 11.8. The smallest absolute Gasteiger partial charge is 0.323 e. The van der Waals surface area contributed by atoms with Gasteiger partial charge < -0.3 is 15.3 Å². The Morgan fingerprint density at radius 1 is 1.38 bits per heavy atom. The summed E-state index contributed by atoms with van der Waals surface area (Å²) < 4.78 is 0.845. The lowest BCUT2D eigenvalue weighted by atomic mass is 10.2. The molecule has 0 saturated heterocycles. The van der Waals surface area contributed by atoms with E-state index in [9.17, 15) is 14.4 Å². The molecule has 0 spiro atoms. The van der Waals surface area contributed by atoms with E-state index >= 15 is 0 Å². The van der Waals surface area contributed by atoms with Gasteiger partial charge in [-0.15, -0.1) is 0 Å². The van der Waals surface area contributed by atoms with Gasteiger partial charge in [0.05, 0.1) is 0 Å². The highest BCUT2D eigenvalue weighted by molar-refractivity contribution is 9.10. The molecule has 1 rings (SSSR count). The molecule has 1 unspecified atom stereocenters. The molecule has 6 nitrogen and oxygen atoms in total. The normalized spacial score (nSPS) is 11.6. The number of hydrogen-bond acceptors (Lipinski definition) is 3. The molecule has 0 fully saturated rings. The van der Waals surface area contributed by atoms with E-state index in [4.69, 9.17) is 5.11 Å². The maximum atomic E-state index is 12.2. The van der Waals surface area contributed by atoms with Crippen molar-refractivity contribution in [2.45, 2.75) is 26.4 Å². The van der Waals surface area contributed by atoms with Crippen molar-refractivity contribution in [2.24, 2.45) is 0 Å². The molecule has 0 aliphatic carbocycles. The Kier molecular flexibility index (Phi) is 6.36. The number of aliphatic carboxylic acids is 1. The molecule has 21 heavy (non-hydrogen) atoms. The van der Waals surface area contributed by atoms with Gasteiger partial charge in [0.1, 0.15) is 12.6 Å². The fourth-order valence-corrected chi connectivity index (χ4v) is 2.32. The first-order valence-corrected chi connectivity index (χ1v) is 7.11. The molecule has 2 amide bonds. The number of halogens is 1. The first-order chi connectivity index (χ1) is 9.79. The molecule has 0 heterocycles. The average molecular weight is 357 g/mol. The van der Waals surface area contributed by atoms with Gasteiger partial charge in [0.25, 0.3) is 0 Å². The molecule has 0 radical (unpaired) electrons. The van der Waals surface area contributed by atoms with Gasteiger partial charge in [-0.05, 0) is 24.6 Å². The van der Waals surface area contributed by atoms with Crippen LogP contribution in [0.3, 0.4) is 0 Å². The summed E-state index contributed by atoms with van der Waals surface area (Å²) in [4.78, 5) is 35.4. The van der Waals surface area contributed by atoms with Gasteiger partial charge in [-0.1, -0.05) is 28.1 Å². The Hall–Kier alpha value is -1.89. The maximum absolute atomic E-state index is 12.2. The van der Waals surface area contributed by atoms with Crippen LogP contribution >= 0.6 is 15.9 Å². The number of rotatable bonds is 6. The lowest BCUT2D eigenvalue weighted by molar-refractivity contribution is -0.146. The van der Waals surface area contributed by atoms with Crippen molar-refractivity contribution in [3.05, 3.63) is 34.3 Å². The van der Waals surface area contributed by atoms with E-state index in [1.807, 2.05) is 12.1 Å². The molecule has 1 aromatic carbocycles. The molecule has 114 valence electrons. The molecule has 0 saturated carbocycles. The minimum Gasteiger partial charge on any atom is -0.480 e. The molecule has 0 aliphatic heterocycles. The molecule has 1 atom stereocenters. The van der Waals surface area contributed by atoms with Crippen LogP contribution in [0.2, 0.25) is 0 Å². The predicted octanol–water partition coefficient (Wildman–Crippen LogP) is 1.39. The number of carbonyl (C=O) groups is 3. The number of carboxylic acid groups (broad SMARTS) is 1. The number of carbonyl (C=O) groups excluding carboxylic acids is 2. The van der Waals surface area contributed by atoms with Gasteiger partial charge in [0, 0.05) is 17.9 Å². The topological polar surface area (TPSA) is 86.7 Å². The van der Waals surface area contributed by atoms with Gasteiger partial charge in [-0.25, -0.2) is 0 Å². The van der Waals surface area contributed by atoms with Crippen molar-refractivity contribution in [1.82, 2.24) is 10.2 Å². The third-order valence-electron chi connectivity index (χ3n) is 2.69. The minimum absolute atomic E-state index is 0.161. The molecule has 7 heteroatoms. The summed E-state index contributed by atoms with van der Waals surface area (Å²) in [6, 6.07) is 6.49. The third-order valence-corrected chi connectivity index (χ3v) is 3.18. The van der Waals surface area contributed by atoms with E-state index in [-0.39, 0.29) is 12.5 Å². The van der Waals surface area contributed by atoms with Crippen molar-refractivity contribution >= 4 is 33.7 Å². The van der Waals surface area contributed by atoms with Gasteiger partial charge in [-0.2, -0.15) is 0 Å². The number of nitrogens with zero attached hydrogens (tertiary/aromatic N) is 1. The molecule has 2 N–H and O–H groups in total. The Balaban J connectivity index is 2.87. The lowest BCUT2D eigenvalue weighted by Crippen LogP contribution is -2.47. The summed E-state index contributed by atoms with van der Waals surface area (Å²) in [6.45, 7) is 2.57. The van der Waals surface area contributed by atoms with Crippen molar-refractivity contribution in [2.75, 3.05) is 6.54 Å². The molecule has 0 bridgehead atoms. The zero-order valence-corrected chi connectivity index (χ0v) is 13.4. The second-order valence-corrected chi connectivity index (χ2v) is 5.56. The quantitative estimate of drug-likeness (QED) is 0.806. The average Bonchev–Trinajstić information content (AvgIpc) is 2.35. The SMILES string of the molecule is CC(=O)NC(C)C(=O)N(CC(=O)O)Cc1cccc(Br)c1. The fourth-order valence-electron chi connectivity index (χ4n) is 1.87. The van der Waals surface area contributed by atoms with E-state index in [1.165, 1.54) is 18.7 Å². The van der Waals surface area contributed by atoms with Crippen LogP contribution in [0.5, 0.6) is 0 Å². The van der Waals surface area contributed by atoms with Crippen LogP contribution in [0.4, 0.5) is 0 Å². The molecular formula is C14H17BrN2O4. The third kappa shape index (κ3) is 5.95. The van der Waals surface area contributed by atoms with Crippen LogP contribution in [0, 0.1) is 0 Å². The molecular weight excluding hydrogens is 340 g/mol. The number of amides is 2. The second-order valence-electron chi connectivity index (χ2n) is 4.64. The van der Waals surface area contributed by atoms with E-state index in [0.29, 0.717) is 0 Å². The van der Waals surface area contributed by atoms with Crippen molar-refractivity contribution in [1.29, 1.82) is 0 Å². The van der Waals surface area contributed by atoms with Gasteiger partial charge in [0.2, 0.25) is 11.8 Å². The molecule has 0 aromatic heterocycles. The Morgan fingerprint density at radius 3 is 2.57 bits per heavy atom. The summed E-state index contributed by atoms with van der Waals surface area (Å²) in [5, 5.41) is 11.4. The van der Waals surface area contributed by atoms with E-state index < -0.39 is 24.5 Å². The molecule has 0 aliphatic rings. The second kappa shape index (κ2) is 7.78. The van der Waals surface area contributed by atoms with E-state index in [0.717, 1.165) is 10.0 Å². The number of benzene rings is 1. The maximum Gasteiger partial charge on any atom is 0.323 e. The standard InChI is InChI=1S/C14H17BrN2O4/c1-9(16-10(2)18)14(21)17(8-13(19)20)7-11-4-3-5-12(15)6-11/h3-6,9H,7-8H2,1-2H3,(H,16,18)(H,19,20). The Bertz CT molecular complexity index is 548. The summed E-state index contributed by atoms with van der Waals surface area (Å²) in [6.07, 6.45) is 0. The van der Waals surface area contributed by atoms with Crippen LogP contribution < -0.4 is 5.32 Å². The summed E-state index contributed by atoms with van der Waals surface area (Å²) in [5.74, 6) is -1.88. The van der Waals surface area contributed by atoms with Crippen LogP contribution in [-0.4, -0.2) is 40.4 Å². The van der Waals surface area contributed by atoms with Crippen molar-refractivity contribution < 1.29 is 19.5 Å². The summed E-state index contributed by atoms with van der Waals surface area (Å²) in [5.41, 5.74) is 0.800. The van der Waals surface area contributed by atoms with Gasteiger partial charge >= 0.3 is 5.97 Å². The monoisotopic (exact) mass is 356 g/mol. The summed E-state index contributed by atoms with van der Waals surface area (Å²) >= 11 is 3.32. The first-order valence-electron chi connectivity index (χ1n) is 6.31. The van der Waals surface area contributed by atoms with Crippen LogP contribution in [0.1, 0.15) is 19.4 Å². The Morgan fingerprint density at radius 2 is 2.05 bits per heavy atom.